The number of aliphatic hydroxyl groups excluding tert-OH is 1. The second-order valence-corrected chi connectivity index (χ2v) is 9.77. The van der Waals surface area contributed by atoms with Crippen molar-refractivity contribution in [3.63, 3.8) is 0 Å². The summed E-state index contributed by atoms with van der Waals surface area (Å²) in [4.78, 5) is 13.1. The number of aliphatic hydroxyl groups is 2. The van der Waals surface area contributed by atoms with Gasteiger partial charge in [0.1, 0.15) is 17.6 Å². The van der Waals surface area contributed by atoms with E-state index in [1.54, 1.807) is 43.5 Å². The van der Waals surface area contributed by atoms with E-state index in [1.165, 1.54) is 7.11 Å². The third-order valence-corrected chi connectivity index (χ3v) is 7.80. The number of rotatable bonds is 4. The van der Waals surface area contributed by atoms with E-state index in [0.717, 1.165) is 0 Å². The average Bonchev–Trinajstić information content (AvgIpc) is 3.22. The maximum absolute atomic E-state index is 13.1. The molecule has 5 rings (SSSR count). The molecule has 0 unspecified atom stereocenters. The molecule has 1 aliphatic heterocycles. The zero-order valence-electron chi connectivity index (χ0n) is 18.4. The summed E-state index contributed by atoms with van der Waals surface area (Å²) >= 11 is 9.80. The Balaban J connectivity index is 1.88. The monoisotopic (exact) mass is 544 g/mol. The Hall–Kier alpha value is -2.58. The molecule has 1 heterocycles. The predicted octanol–water partition coefficient (Wildman–Crippen LogP) is 4.53. The van der Waals surface area contributed by atoms with E-state index in [4.69, 9.17) is 25.8 Å². The van der Waals surface area contributed by atoms with Gasteiger partial charge < -0.3 is 24.4 Å². The molecule has 3 aromatic carbocycles. The highest BCUT2D eigenvalue weighted by Gasteiger charge is 2.78. The number of hydrogen-bond donors (Lipinski definition) is 2. The van der Waals surface area contributed by atoms with Crippen molar-refractivity contribution in [3.05, 3.63) is 92.9 Å². The fraction of sp³-hybridized carbons (Fsp3) is 0.269. The van der Waals surface area contributed by atoms with Gasteiger partial charge in [0.25, 0.3) is 0 Å². The number of benzene rings is 3. The largest absolute Gasteiger partial charge is 0.497 e. The molecule has 0 aromatic heterocycles. The van der Waals surface area contributed by atoms with Gasteiger partial charge in [-0.2, -0.15) is 0 Å². The Morgan fingerprint density at radius 2 is 1.76 bits per heavy atom. The molecule has 5 atom stereocenters. The number of carbonyl (C=O) groups is 1. The van der Waals surface area contributed by atoms with Crippen LogP contribution < -0.4 is 9.47 Å². The van der Waals surface area contributed by atoms with Gasteiger partial charge >= 0.3 is 5.97 Å². The van der Waals surface area contributed by atoms with E-state index in [1.807, 2.05) is 30.3 Å². The maximum Gasteiger partial charge on any atom is 0.312 e. The highest BCUT2D eigenvalue weighted by molar-refractivity contribution is 9.10. The average molecular weight is 546 g/mol. The van der Waals surface area contributed by atoms with Crippen LogP contribution in [-0.4, -0.2) is 36.5 Å². The summed E-state index contributed by atoms with van der Waals surface area (Å²) in [5, 5.41) is 24.6. The molecule has 3 aromatic rings. The van der Waals surface area contributed by atoms with Crippen LogP contribution in [0.4, 0.5) is 0 Å². The molecular formula is C26H22BrClO6. The Morgan fingerprint density at radius 1 is 1.09 bits per heavy atom. The molecule has 0 bridgehead atoms. The molecule has 2 N–H and O–H groups in total. The van der Waals surface area contributed by atoms with E-state index < -0.39 is 35.1 Å². The normalized spacial score (nSPS) is 29.2. The summed E-state index contributed by atoms with van der Waals surface area (Å²) in [6.45, 7) is 0. The summed E-state index contributed by atoms with van der Waals surface area (Å²) < 4.78 is 17.5. The van der Waals surface area contributed by atoms with Crippen LogP contribution >= 0.6 is 27.5 Å². The number of halogens is 2. The third kappa shape index (κ3) is 2.97. The number of methoxy groups -OCH3 is 2. The highest BCUT2D eigenvalue weighted by atomic mass is 79.9. The molecule has 34 heavy (non-hydrogen) atoms. The highest BCUT2D eigenvalue weighted by Crippen LogP contribution is 2.69. The molecule has 1 fully saturated rings. The number of esters is 1. The number of carbonyl (C=O) groups excluding carboxylic acids is 1. The SMILES string of the molecule is COC(=O)[C@H]1[C@@H](O)[C@@]2(O)c3c(Br)cc(Cl)cc3O[C@@]2(c2ccc(OC)cc2)[C@@H]1c1ccccc1. The molecule has 1 saturated carbocycles. The van der Waals surface area contributed by atoms with Crippen LogP contribution in [0.2, 0.25) is 5.02 Å². The van der Waals surface area contributed by atoms with E-state index in [9.17, 15) is 15.0 Å². The van der Waals surface area contributed by atoms with Crippen LogP contribution in [0.3, 0.4) is 0 Å². The summed E-state index contributed by atoms with van der Waals surface area (Å²) in [7, 11) is 2.82. The fourth-order valence-electron chi connectivity index (χ4n) is 5.60. The lowest BCUT2D eigenvalue weighted by Gasteiger charge is -2.40. The summed E-state index contributed by atoms with van der Waals surface area (Å²) in [5.41, 5.74) is -1.99. The van der Waals surface area contributed by atoms with Crippen molar-refractivity contribution in [3.8, 4) is 11.5 Å². The summed E-state index contributed by atoms with van der Waals surface area (Å²) in [6.07, 6.45) is -1.55. The van der Waals surface area contributed by atoms with E-state index in [-0.39, 0.29) is 0 Å². The molecule has 0 radical (unpaired) electrons. The summed E-state index contributed by atoms with van der Waals surface area (Å²) in [6, 6.07) is 19.5. The van der Waals surface area contributed by atoms with Crippen molar-refractivity contribution in [1.82, 2.24) is 0 Å². The lowest BCUT2D eigenvalue weighted by Crippen LogP contribution is -2.52. The minimum atomic E-state index is -2.01. The van der Waals surface area contributed by atoms with Gasteiger partial charge in [0, 0.05) is 21.0 Å². The first-order valence-electron chi connectivity index (χ1n) is 10.7. The van der Waals surface area contributed by atoms with Gasteiger partial charge in [0.2, 0.25) is 0 Å². The summed E-state index contributed by atoms with van der Waals surface area (Å²) in [5.74, 6) is -1.63. The molecule has 1 aliphatic carbocycles. The minimum absolute atomic E-state index is 0.320. The van der Waals surface area contributed by atoms with E-state index in [2.05, 4.69) is 15.9 Å². The van der Waals surface area contributed by atoms with Gasteiger partial charge in [-0.1, -0.05) is 70.0 Å². The molecule has 6 nitrogen and oxygen atoms in total. The second kappa shape index (κ2) is 8.27. The third-order valence-electron chi connectivity index (χ3n) is 6.95. The topological polar surface area (TPSA) is 85.2 Å². The maximum atomic E-state index is 13.1. The zero-order chi connectivity index (χ0) is 24.3. The van der Waals surface area contributed by atoms with Gasteiger partial charge in [-0.15, -0.1) is 0 Å². The van der Waals surface area contributed by atoms with Crippen LogP contribution in [0, 0.1) is 5.92 Å². The van der Waals surface area contributed by atoms with Crippen molar-refractivity contribution in [2.24, 2.45) is 5.92 Å². The van der Waals surface area contributed by atoms with Gasteiger partial charge in [-0.3, -0.25) is 4.79 Å². The van der Waals surface area contributed by atoms with Crippen LogP contribution in [0.15, 0.2) is 71.2 Å². The van der Waals surface area contributed by atoms with Gasteiger partial charge in [-0.25, -0.2) is 0 Å². The number of ether oxygens (including phenoxy) is 3. The zero-order valence-corrected chi connectivity index (χ0v) is 20.7. The smallest absolute Gasteiger partial charge is 0.312 e. The van der Waals surface area contributed by atoms with Crippen molar-refractivity contribution in [1.29, 1.82) is 0 Å². The molecule has 2 aliphatic rings. The van der Waals surface area contributed by atoms with Crippen LogP contribution in [0.1, 0.15) is 22.6 Å². The fourth-order valence-corrected chi connectivity index (χ4v) is 6.69. The van der Waals surface area contributed by atoms with E-state index >= 15 is 0 Å². The van der Waals surface area contributed by atoms with Crippen molar-refractivity contribution in [2.45, 2.75) is 23.2 Å². The van der Waals surface area contributed by atoms with Crippen LogP contribution in [0.25, 0.3) is 0 Å². The van der Waals surface area contributed by atoms with E-state index in [0.29, 0.717) is 37.7 Å². The first-order valence-corrected chi connectivity index (χ1v) is 11.8. The molecule has 176 valence electrons. The molecule has 0 amide bonds. The molecule has 0 saturated heterocycles. The lowest BCUT2D eigenvalue weighted by atomic mass is 9.70. The molecular weight excluding hydrogens is 524 g/mol. The Kier molecular flexibility index (Phi) is 5.64. The molecule has 0 spiro atoms. The predicted molar refractivity (Wildman–Crippen MR) is 129 cm³/mol. The van der Waals surface area contributed by atoms with Gasteiger partial charge in [-0.05, 0) is 35.4 Å². The Labute approximate surface area is 210 Å². The quantitative estimate of drug-likeness (QED) is 0.469. The van der Waals surface area contributed by atoms with Crippen molar-refractivity contribution >= 4 is 33.5 Å². The standard InChI is InChI=1S/C26H22BrClO6/c1-32-17-10-8-15(9-11-17)26-21(14-6-4-3-5-7-14)20(24(30)33-2)23(29)25(26,31)22-18(27)12-16(28)13-19(22)34-26/h3-13,20-21,23,29,31H,1-2H3/t20-,21-,23-,25+,26+/m1/s1. The first-order chi connectivity index (χ1) is 16.3. The number of fused-ring (bicyclic) bond motifs is 3. The first kappa shape index (κ1) is 23.2. The minimum Gasteiger partial charge on any atom is -0.497 e. The Bertz CT molecular complexity index is 1250. The van der Waals surface area contributed by atoms with Crippen LogP contribution in [0.5, 0.6) is 11.5 Å². The van der Waals surface area contributed by atoms with Crippen molar-refractivity contribution < 1.29 is 29.2 Å². The number of hydrogen-bond acceptors (Lipinski definition) is 6. The second-order valence-electron chi connectivity index (χ2n) is 8.48. The van der Waals surface area contributed by atoms with Gasteiger partial charge in [0.05, 0.1) is 20.1 Å². The lowest BCUT2D eigenvalue weighted by molar-refractivity contribution is -0.161. The van der Waals surface area contributed by atoms with Gasteiger partial charge in [0.15, 0.2) is 11.2 Å². The Morgan fingerprint density at radius 3 is 2.38 bits per heavy atom. The molecule has 8 heteroatoms. The van der Waals surface area contributed by atoms with Crippen molar-refractivity contribution in [2.75, 3.05) is 14.2 Å². The van der Waals surface area contributed by atoms with Crippen LogP contribution in [-0.2, 0) is 20.7 Å².